The van der Waals surface area contributed by atoms with Crippen molar-refractivity contribution in [1.82, 2.24) is 9.88 Å². The molecule has 1 spiro atoms. The first-order chi connectivity index (χ1) is 10.8. The summed E-state index contributed by atoms with van der Waals surface area (Å²) in [6, 6.07) is 6.25. The van der Waals surface area contributed by atoms with E-state index in [0.717, 1.165) is 45.5 Å². The summed E-state index contributed by atoms with van der Waals surface area (Å²) < 4.78 is 11.4. The average Bonchev–Trinajstić information content (AvgIpc) is 3.21. The summed E-state index contributed by atoms with van der Waals surface area (Å²) in [7, 11) is 0. The molecule has 4 nitrogen and oxygen atoms in total. The van der Waals surface area contributed by atoms with E-state index in [1.54, 1.807) is 6.26 Å². The van der Waals surface area contributed by atoms with Crippen molar-refractivity contribution in [3.05, 3.63) is 54.2 Å². The van der Waals surface area contributed by atoms with Crippen LogP contribution in [0.3, 0.4) is 0 Å². The summed E-state index contributed by atoms with van der Waals surface area (Å²) in [5.74, 6) is 0.508. The van der Waals surface area contributed by atoms with Crippen LogP contribution in [-0.4, -0.2) is 35.2 Å². The molecule has 0 saturated carbocycles. The molecule has 1 unspecified atom stereocenters. The zero-order valence-electron chi connectivity index (χ0n) is 12.8. The van der Waals surface area contributed by atoms with Crippen molar-refractivity contribution in [1.29, 1.82) is 0 Å². The Kier molecular flexibility index (Phi) is 3.72. The van der Waals surface area contributed by atoms with E-state index in [2.05, 4.69) is 22.0 Å². The smallest absolute Gasteiger partial charge is 0.0947 e. The van der Waals surface area contributed by atoms with E-state index < -0.39 is 0 Å². The lowest BCUT2D eigenvalue weighted by molar-refractivity contribution is -0.0448. The highest BCUT2D eigenvalue weighted by Gasteiger charge is 2.43. The topological polar surface area (TPSA) is 38.5 Å². The number of likely N-dealkylation sites (tertiary alicyclic amines) is 1. The third kappa shape index (κ3) is 2.81. The Labute approximate surface area is 131 Å². The van der Waals surface area contributed by atoms with Gasteiger partial charge in [-0.1, -0.05) is 6.07 Å². The number of aromatic nitrogens is 1. The minimum Gasteiger partial charge on any atom is -0.472 e. The van der Waals surface area contributed by atoms with Gasteiger partial charge in [-0.05, 0) is 37.0 Å². The third-order valence-electron chi connectivity index (χ3n) is 5.12. The van der Waals surface area contributed by atoms with Crippen molar-refractivity contribution >= 4 is 0 Å². The monoisotopic (exact) mass is 298 g/mol. The lowest BCUT2D eigenvalue weighted by atomic mass is 9.83. The molecular weight excluding hydrogens is 276 g/mol. The number of ether oxygens (including phenoxy) is 1. The molecule has 22 heavy (non-hydrogen) atoms. The predicted molar refractivity (Wildman–Crippen MR) is 83.5 cm³/mol. The van der Waals surface area contributed by atoms with Gasteiger partial charge < -0.3 is 9.15 Å². The fourth-order valence-corrected chi connectivity index (χ4v) is 3.78. The van der Waals surface area contributed by atoms with Crippen LogP contribution in [-0.2, 0) is 11.3 Å². The highest BCUT2D eigenvalue weighted by atomic mass is 16.5. The predicted octanol–water partition coefficient (Wildman–Crippen LogP) is 3.21. The Morgan fingerprint density at radius 1 is 1.27 bits per heavy atom. The van der Waals surface area contributed by atoms with Crippen molar-refractivity contribution < 1.29 is 9.15 Å². The van der Waals surface area contributed by atoms with E-state index in [-0.39, 0.29) is 5.60 Å². The molecule has 0 amide bonds. The van der Waals surface area contributed by atoms with Gasteiger partial charge in [0.25, 0.3) is 0 Å². The lowest BCUT2D eigenvalue weighted by Gasteiger charge is -2.38. The molecule has 2 aromatic rings. The second-order valence-electron chi connectivity index (χ2n) is 6.59. The highest BCUT2D eigenvalue weighted by molar-refractivity contribution is 5.18. The van der Waals surface area contributed by atoms with Crippen molar-refractivity contribution in [2.45, 2.75) is 37.3 Å². The van der Waals surface area contributed by atoms with Crippen molar-refractivity contribution in [2.24, 2.45) is 0 Å². The summed E-state index contributed by atoms with van der Waals surface area (Å²) in [5.41, 5.74) is 2.67. The molecule has 1 atom stereocenters. The first-order valence-electron chi connectivity index (χ1n) is 8.10. The summed E-state index contributed by atoms with van der Waals surface area (Å²) in [5, 5.41) is 0. The fraction of sp³-hybridized carbons (Fsp3) is 0.500. The van der Waals surface area contributed by atoms with Gasteiger partial charge in [0, 0.05) is 43.5 Å². The molecular formula is C18H22N2O2. The molecule has 2 aromatic heterocycles. The Morgan fingerprint density at radius 3 is 2.91 bits per heavy atom. The number of nitrogens with zero attached hydrogens (tertiary/aromatic N) is 2. The van der Waals surface area contributed by atoms with Gasteiger partial charge in [0.2, 0.25) is 0 Å². The van der Waals surface area contributed by atoms with Crippen molar-refractivity contribution in [3.8, 4) is 0 Å². The Balaban J connectivity index is 1.35. The molecule has 0 N–H and O–H groups in total. The Hall–Kier alpha value is -1.65. The molecule has 2 saturated heterocycles. The number of rotatable bonds is 3. The van der Waals surface area contributed by atoms with Crippen LogP contribution in [0.2, 0.25) is 0 Å². The number of hydrogen-bond acceptors (Lipinski definition) is 4. The van der Waals surface area contributed by atoms with Gasteiger partial charge in [-0.3, -0.25) is 9.88 Å². The molecule has 2 aliphatic rings. The average molecular weight is 298 g/mol. The molecule has 0 radical (unpaired) electrons. The van der Waals surface area contributed by atoms with E-state index >= 15 is 0 Å². The van der Waals surface area contributed by atoms with Gasteiger partial charge >= 0.3 is 0 Å². The zero-order chi connectivity index (χ0) is 14.8. The van der Waals surface area contributed by atoms with Crippen LogP contribution in [0, 0.1) is 0 Å². The maximum absolute atomic E-state index is 6.26. The van der Waals surface area contributed by atoms with Crippen LogP contribution in [0.15, 0.2) is 47.5 Å². The zero-order valence-corrected chi connectivity index (χ0v) is 12.8. The number of piperidine rings is 1. The quantitative estimate of drug-likeness (QED) is 0.872. The van der Waals surface area contributed by atoms with Crippen molar-refractivity contribution in [2.75, 3.05) is 19.7 Å². The normalized spacial score (nSPS) is 24.8. The largest absolute Gasteiger partial charge is 0.472 e. The summed E-state index contributed by atoms with van der Waals surface area (Å²) in [6.45, 7) is 4.03. The third-order valence-corrected chi connectivity index (χ3v) is 5.12. The van der Waals surface area contributed by atoms with Crippen LogP contribution in [0.25, 0.3) is 0 Å². The molecule has 0 aromatic carbocycles. The maximum atomic E-state index is 6.26. The molecule has 4 heteroatoms. The van der Waals surface area contributed by atoms with E-state index in [0.29, 0.717) is 5.92 Å². The van der Waals surface area contributed by atoms with E-state index in [4.69, 9.17) is 9.15 Å². The van der Waals surface area contributed by atoms with Gasteiger partial charge in [-0.25, -0.2) is 0 Å². The molecule has 2 aliphatic heterocycles. The van der Waals surface area contributed by atoms with Crippen LogP contribution in [0.1, 0.15) is 36.3 Å². The standard InChI is InChI=1S/C18H22N2O2/c1-2-16(11-19-6-1)17-10-18(22-14-17)4-7-20(8-5-18)12-15-3-9-21-13-15/h1-3,6,9,11,13,17H,4-5,7-8,10,12,14H2. The summed E-state index contributed by atoms with van der Waals surface area (Å²) in [6.07, 6.45) is 10.8. The molecule has 0 aliphatic carbocycles. The Bertz CT molecular complexity index is 589. The van der Waals surface area contributed by atoms with Crippen LogP contribution in [0.5, 0.6) is 0 Å². The Morgan fingerprint density at radius 2 is 2.18 bits per heavy atom. The second-order valence-corrected chi connectivity index (χ2v) is 6.59. The number of furan rings is 1. The van der Waals surface area contributed by atoms with E-state index in [9.17, 15) is 0 Å². The SMILES string of the molecule is c1cncc(C2COC3(CCN(Cc4ccoc4)CC3)C2)c1. The van der Waals surface area contributed by atoms with Gasteiger partial charge in [0.1, 0.15) is 0 Å². The van der Waals surface area contributed by atoms with E-state index in [1.165, 1.54) is 11.1 Å². The molecule has 2 fully saturated rings. The van der Waals surface area contributed by atoms with Crippen LogP contribution < -0.4 is 0 Å². The fourth-order valence-electron chi connectivity index (χ4n) is 3.78. The first kappa shape index (κ1) is 14.0. The van der Waals surface area contributed by atoms with Gasteiger partial charge in [0.05, 0.1) is 24.7 Å². The first-order valence-corrected chi connectivity index (χ1v) is 8.10. The highest BCUT2D eigenvalue weighted by Crippen LogP contribution is 2.42. The minimum atomic E-state index is 0.0907. The number of pyridine rings is 1. The molecule has 4 rings (SSSR count). The second kappa shape index (κ2) is 5.86. The van der Waals surface area contributed by atoms with Gasteiger partial charge in [0.15, 0.2) is 0 Å². The van der Waals surface area contributed by atoms with E-state index in [1.807, 2.05) is 24.7 Å². The minimum absolute atomic E-state index is 0.0907. The molecule has 116 valence electrons. The summed E-state index contributed by atoms with van der Waals surface area (Å²) >= 11 is 0. The van der Waals surface area contributed by atoms with Crippen LogP contribution >= 0.6 is 0 Å². The van der Waals surface area contributed by atoms with Gasteiger partial charge in [-0.15, -0.1) is 0 Å². The maximum Gasteiger partial charge on any atom is 0.0947 e. The number of hydrogen-bond donors (Lipinski definition) is 0. The van der Waals surface area contributed by atoms with Crippen molar-refractivity contribution in [3.63, 3.8) is 0 Å². The van der Waals surface area contributed by atoms with Crippen LogP contribution in [0.4, 0.5) is 0 Å². The van der Waals surface area contributed by atoms with Gasteiger partial charge in [-0.2, -0.15) is 0 Å². The molecule has 0 bridgehead atoms. The molecule has 4 heterocycles. The summed E-state index contributed by atoms with van der Waals surface area (Å²) in [4.78, 5) is 6.74. The lowest BCUT2D eigenvalue weighted by Crippen LogP contribution is -2.43.